The fourth-order valence-corrected chi connectivity index (χ4v) is 5.36. The Morgan fingerprint density at radius 3 is 0.357 bits per heavy atom. The summed E-state index contributed by atoms with van der Waals surface area (Å²) in [6.07, 6.45) is 5.18. The van der Waals surface area contributed by atoms with Gasteiger partial charge in [0.25, 0.3) is 0 Å². The Labute approximate surface area is 498 Å². The van der Waals surface area contributed by atoms with Crippen LogP contribution in [0.2, 0.25) is 0 Å². The maximum atomic E-state index is 8.65. The fraction of sp³-hybridized carbons (Fsp3) is 0.294. The summed E-state index contributed by atoms with van der Waals surface area (Å²) in [6, 6.07) is 46.8. The third-order valence-electron chi connectivity index (χ3n) is 9.36. The first-order valence-corrected chi connectivity index (χ1v) is 27.3. The van der Waals surface area contributed by atoms with Crippen molar-refractivity contribution in [3.63, 3.8) is 0 Å². The summed E-state index contributed by atoms with van der Waals surface area (Å²) in [7, 11) is 0. The van der Waals surface area contributed by atoms with Gasteiger partial charge in [0, 0.05) is 48.5 Å². The SMILES string of the molecule is CC(C)CC(C)C.CCC.CCC.CCC(C)C(C)C.Oc1cccc(O)c1.Oc1cccc(O)c1.Oc1cccc(O)c1.Oc1cccc(O)c1.Oc1cccc(O)c1.Oc1cccc(O)c1.Oc1cccc(O)c1.Oc1cccc(O)c1. The lowest BCUT2D eigenvalue weighted by atomic mass is 9.96. The van der Waals surface area contributed by atoms with E-state index in [1.165, 1.54) is 171 Å². The summed E-state index contributed by atoms with van der Waals surface area (Å²) in [5, 5.41) is 138. The van der Waals surface area contributed by atoms with Gasteiger partial charge in [-0.1, -0.05) is 151 Å². The van der Waals surface area contributed by atoms with Gasteiger partial charge in [0.1, 0.15) is 92.0 Å². The standard InChI is InChI=1S/2C7H16.8C6H6O2.2C3H8/c1-6(2)5-7(3)4;1-5-7(4)6(2)3;8*7-5-2-1-3-6(8)4-5;2*1-3-2/h2*6-7H,5H2,1-4H3;8*1-4,7-8H;2*3H2,1-2H3. The lowest BCUT2D eigenvalue weighted by Gasteiger charge is -2.10. The van der Waals surface area contributed by atoms with Gasteiger partial charge in [-0.05, 0) is 127 Å². The average Bonchev–Trinajstić information content (AvgIpc) is 3.37. The zero-order valence-electron chi connectivity index (χ0n) is 50.8. The first-order valence-electron chi connectivity index (χ1n) is 27.3. The molecule has 16 heteroatoms. The van der Waals surface area contributed by atoms with E-state index in [2.05, 4.69) is 83.1 Å². The van der Waals surface area contributed by atoms with Crippen molar-refractivity contribution >= 4 is 0 Å². The summed E-state index contributed by atoms with van der Waals surface area (Å²) in [4.78, 5) is 0. The van der Waals surface area contributed by atoms with Crippen molar-refractivity contribution < 1.29 is 81.7 Å². The van der Waals surface area contributed by atoms with Crippen molar-refractivity contribution in [1.82, 2.24) is 0 Å². The van der Waals surface area contributed by atoms with Crippen LogP contribution in [0.5, 0.6) is 92.0 Å². The molecule has 0 spiro atoms. The predicted molar refractivity (Wildman–Crippen MR) is 339 cm³/mol. The summed E-state index contributed by atoms with van der Waals surface area (Å²) >= 11 is 0. The van der Waals surface area contributed by atoms with Crippen LogP contribution in [0.4, 0.5) is 0 Å². The molecule has 0 fully saturated rings. The van der Waals surface area contributed by atoms with Crippen LogP contribution in [-0.2, 0) is 0 Å². The molecule has 0 aliphatic heterocycles. The first kappa shape index (κ1) is 81.0. The van der Waals surface area contributed by atoms with E-state index >= 15 is 0 Å². The van der Waals surface area contributed by atoms with E-state index in [-0.39, 0.29) is 92.0 Å². The zero-order valence-corrected chi connectivity index (χ0v) is 50.8. The molecule has 8 aromatic carbocycles. The second kappa shape index (κ2) is 51.7. The molecule has 464 valence electrons. The molecule has 1 atom stereocenters. The van der Waals surface area contributed by atoms with Gasteiger partial charge in [-0.15, -0.1) is 0 Å². The molecule has 8 aromatic rings. The van der Waals surface area contributed by atoms with Crippen LogP contribution in [0.15, 0.2) is 194 Å². The van der Waals surface area contributed by atoms with E-state index in [1.807, 2.05) is 0 Å². The monoisotopic (exact) mass is 1170 g/mol. The van der Waals surface area contributed by atoms with E-state index in [9.17, 15) is 0 Å². The van der Waals surface area contributed by atoms with E-state index in [0.29, 0.717) is 0 Å². The maximum absolute atomic E-state index is 8.65. The third-order valence-corrected chi connectivity index (χ3v) is 9.36. The van der Waals surface area contributed by atoms with Crippen molar-refractivity contribution in [2.45, 2.75) is 109 Å². The summed E-state index contributed by atoms with van der Waals surface area (Å²) < 4.78 is 0. The molecule has 1 unspecified atom stereocenters. The molecule has 84 heavy (non-hydrogen) atoms. The van der Waals surface area contributed by atoms with Crippen LogP contribution in [0, 0.1) is 23.7 Å². The topological polar surface area (TPSA) is 324 Å². The summed E-state index contributed by atoms with van der Waals surface area (Å²) in [5.74, 6) is 4.93. The molecule has 0 aliphatic rings. The molecule has 0 saturated carbocycles. The molecule has 16 nitrogen and oxygen atoms in total. The highest BCUT2D eigenvalue weighted by Crippen LogP contribution is 2.20. The van der Waals surface area contributed by atoms with Gasteiger partial charge in [0.2, 0.25) is 0 Å². The highest BCUT2D eigenvalue weighted by atomic mass is 16.3. The van der Waals surface area contributed by atoms with Gasteiger partial charge >= 0.3 is 0 Å². The smallest absolute Gasteiger partial charge is 0.119 e. The normalized spacial score (nSPS) is 9.46. The van der Waals surface area contributed by atoms with E-state index < -0.39 is 0 Å². The Morgan fingerprint density at radius 2 is 0.333 bits per heavy atom. The summed E-state index contributed by atoms with van der Waals surface area (Å²) in [6.45, 7) is 26.6. The second-order valence-corrected chi connectivity index (χ2v) is 19.2. The van der Waals surface area contributed by atoms with Crippen LogP contribution in [0.3, 0.4) is 0 Å². The average molecular weight is 1170 g/mol. The molecule has 0 radical (unpaired) electrons. The van der Waals surface area contributed by atoms with Crippen LogP contribution in [0.1, 0.15) is 109 Å². The Kier molecular flexibility index (Phi) is 49.9. The number of hydrogen-bond acceptors (Lipinski definition) is 16. The Hall–Kier alpha value is -9.44. The lowest BCUT2D eigenvalue weighted by molar-refractivity contribution is 0.407. The second-order valence-electron chi connectivity index (χ2n) is 19.2. The number of phenols is 16. The minimum absolute atomic E-state index is 0.0880. The summed E-state index contributed by atoms with van der Waals surface area (Å²) in [5.41, 5.74) is 0. The molecule has 0 amide bonds. The van der Waals surface area contributed by atoms with Crippen LogP contribution in [0.25, 0.3) is 0 Å². The molecule has 16 N–H and O–H groups in total. The maximum Gasteiger partial charge on any atom is 0.119 e. The minimum Gasteiger partial charge on any atom is -0.508 e. The number of hydrogen-bond donors (Lipinski definition) is 16. The van der Waals surface area contributed by atoms with Crippen molar-refractivity contribution in [1.29, 1.82) is 0 Å². The highest BCUT2D eigenvalue weighted by Gasteiger charge is 2.01. The number of phenolic OH excluding ortho intramolecular Hbond substituents is 16. The predicted octanol–water partition coefficient (Wildman–Crippen LogP) is 17.0. The fourth-order valence-electron chi connectivity index (χ4n) is 5.36. The molecule has 8 rings (SSSR count). The van der Waals surface area contributed by atoms with Crippen LogP contribution in [-0.4, -0.2) is 81.7 Å². The molecule has 0 heterocycles. The van der Waals surface area contributed by atoms with Gasteiger partial charge in [0.15, 0.2) is 0 Å². The van der Waals surface area contributed by atoms with Crippen LogP contribution >= 0.6 is 0 Å². The number of benzene rings is 8. The molecular formula is C68H96O16. The third kappa shape index (κ3) is 57.3. The number of aromatic hydroxyl groups is 16. The Balaban J connectivity index is -0.000000419. The Bertz CT molecular complexity index is 2130. The zero-order chi connectivity index (χ0) is 65.0. The van der Waals surface area contributed by atoms with Crippen molar-refractivity contribution in [3.8, 4) is 92.0 Å². The van der Waals surface area contributed by atoms with E-state index in [0.717, 1.165) is 23.7 Å². The van der Waals surface area contributed by atoms with Gasteiger partial charge in [0.05, 0.1) is 0 Å². The van der Waals surface area contributed by atoms with Gasteiger partial charge in [-0.2, -0.15) is 0 Å². The molecule has 0 aliphatic carbocycles. The van der Waals surface area contributed by atoms with Crippen molar-refractivity contribution in [2.75, 3.05) is 0 Å². The van der Waals surface area contributed by atoms with Crippen molar-refractivity contribution in [2.24, 2.45) is 23.7 Å². The molecule has 0 aromatic heterocycles. The number of rotatable bonds is 4. The van der Waals surface area contributed by atoms with E-state index in [4.69, 9.17) is 81.7 Å². The minimum atomic E-state index is 0.0880. The molecule has 0 bridgehead atoms. The first-order chi connectivity index (χ1) is 39.4. The van der Waals surface area contributed by atoms with Gasteiger partial charge in [-0.25, -0.2) is 0 Å². The van der Waals surface area contributed by atoms with Crippen molar-refractivity contribution in [3.05, 3.63) is 194 Å². The molecular weight excluding hydrogens is 1070 g/mol. The quantitative estimate of drug-likeness (QED) is 0.0779. The molecule has 0 saturated heterocycles. The Morgan fingerprint density at radius 1 is 0.226 bits per heavy atom. The van der Waals surface area contributed by atoms with Gasteiger partial charge < -0.3 is 81.7 Å². The lowest BCUT2D eigenvalue weighted by Crippen LogP contribution is -2.00. The highest BCUT2D eigenvalue weighted by molar-refractivity contribution is 5.34. The van der Waals surface area contributed by atoms with Crippen LogP contribution < -0.4 is 0 Å². The van der Waals surface area contributed by atoms with E-state index in [1.54, 1.807) is 48.5 Å². The van der Waals surface area contributed by atoms with Gasteiger partial charge in [-0.3, -0.25) is 0 Å². The largest absolute Gasteiger partial charge is 0.508 e.